The molecule has 0 radical (unpaired) electrons. The van der Waals surface area contributed by atoms with E-state index in [9.17, 15) is 0 Å². The zero-order chi connectivity index (χ0) is 6.53. The molecule has 1 nitrogen and oxygen atoms in total. The molecule has 0 bridgehead atoms. The third-order valence-corrected chi connectivity index (χ3v) is 2.41. The van der Waals surface area contributed by atoms with Gasteiger partial charge in [-0.05, 0) is 25.8 Å². The Kier molecular flexibility index (Phi) is 3.59. The Morgan fingerprint density at radius 3 is 2.67 bits per heavy atom. The van der Waals surface area contributed by atoms with E-state index in [1.807, 2.05) is 0 Å². The number of hydrogen-bond acceptors (Lipinski definition) is 1. The number of alkyl halides is 1. The van der Waals surface area contributed by atoms with Gasteiger partial charge in [-0.3, -0.25) is 0 Å². The predicted octanol–water partition coefficient (Wildman–Crippen LogP) is 1.91. The second kappa shape index (κ2) is 4.29. The Bertz CT molecular complexity index is 71.3. The maximum Gasteiger partial charge on any atom is 0.00670 e. The predicted molar refractivity (Wildman–Crippen MR) is 44.1 cm³/mol. The molecule has 0 saturated heterocycles. The van der Waals surface area contributed by atoms with Crippen LogP contribution in [0.5, 0.6) is 0 Å². The maximum atomic E-state index is 3.49. The Balaban J connectivity index is 1.80. The van der Waals surface area contributed by atoms with Gasteiger partial charge in [0.2, 0.25) is 0 Å². The minimum Gasteiger partial charge on any atom is -0.314 e. The highest BCUT2D eigenvalue weighted by atomic mass is 79.9. The van der Waals surface area contributed by atoms with E-state index in [4.69, 9.17) is 0 Å². The summed E-state index contributed by atoms with van der Waals surface area (Å²) in [5.74, 6) is 0. The Labute approximate surface area is 65.3 Å². The minimum absolute atomic E-state index is 0.865. The quantitative estimate of drug-likeness (QED) is 0.530. The smallest absolute Gasteiger partial charge is 0.00670 e. The number of hydrogen-bond donors (Lipinski definition) is 1. The van der Waals surface area contributed by atoms with E-state index >= 15 is 0 Å². The molecule has 9 heavy (non-hydrogen) atoms. The molecule has 54 valence electrons. The van der Waals surface area contributed by atoms with Crippen molar-refractivity contribution in [1.29, 1.82) is 0 Å². The molecule has 0 aromatic rings. The molecule has 0 heterocycles. The standard InChI is InChI=1S/C7H14BrN/c8-5-2-6-9-7-3-1-4-7/h7,9H,1-6H2. The van der Waals surface area contributed by atoms with Gasteiger partial charge in [0.1, 0.15) is 0 Å². The van der Waals surface area contributed by atoms with Gasteiger partial charge in [0.25, 0.3) is 0 Å². The van der Waals surface area contributed by atoms with Crippen molar-refractivity contribution in [1.82, 2.24) is 5.32 Å². The summed E-state index contributed by atoms with van der Waals surface area (Å²) in [7, 11) is 0. The van der Waals surface area contributed by atoms with Crippen LogP contribution in [0.15, 0.2) is 0 Å². The zero-order valence-corrected chi connectivity index (χ0v) is 7.28. The van der Waals surface area contributed by atoms with Crippen LogP contribution >= 0.6 is 15.9 Å². The van der Waals surface area contributed by atoms with Crippen LogP contribution in [0.25, 0.3) is 0 Å². The van der Waals surface area contributed by atoms with Crippen molar-refractivity contribution in [3.8, 4) is 0 Å². The molecule has 1 saturated carbocycles. The van der Waals surface area contributed by atoms with Gasteiger partial charge in [-0.15, -0.1) is 0 Å². The highest BCUT2D eigenvalue weighted by Crippen LogP contribution is 2.17. The summed E-state index contributed by atoms with van der Waals surface area (Å²) in [6.07, 6.45) is 5.51. The van der Waals surface area contributed by atoms with Gasteiger partial charge in [-0.25, -0.2) is 0 Å². The van der Waals surface area contributed by atoms with E-state index < -0.39 is 0 Å². The fraction of sp³-hybridized carbons (Fsp3) is 1.00. The van der Waals surface area contributed by atoms with Crippen molar-refractivity contribution >= 4 is 15.9 Å². The molecular weight excluding hydrogens is 178 g/mol. The molecule has 0 aliphatic heterocycles. The average Bonchev–Trinajstić information content (AvgIpc) is 1.76. The largest absolute Gasteiger partial charge is 0.314 e. The Hall–Kier alpha value is 0.440. The van der Waals surface area contributed by atoms with Crippen molar-refractivity contribution in [3.05, 3.63) is 0 Å². The summed E-state index contributed by atoms with van der Waals surface area (Å²) in [6, 6.07) is 0.865. The highest BCUT2D eigenvalue weighted by Gasteiger charge is 2.15. The van der Waals surface area contributed by atoms with Gasteiger partial charge in [0, 0.05) is 11.4 Å². The first kappa shape index (κ1) is 7.55. The average molecular weight is 192 g/mol. The van der Waals surface area contributed by atoms with Crippen molar-refractivity contribution in [2.45, 2.75) is 31.7 Å². The fourth-order valence-electron chi connectivity index (χ4n) is 0.985. The first-order valence-corrected chi connectivity index (χ1v) is 4.85. The summed E-state index contributed by atoms with van der Waals surface area (Å²) in [4.78, 5) is 0. The molecule has 0 spiro atoms. The van der Waals surface area contributed by atoms with E-state index in [1.165, 1.54) is 32.2 Å². The van der Waals surface area contributed by atoms with Gasteiger partial charge >= 0.3 is 0 Å². The van der Waals surface area contributed by atoms with Gasteiger partial charge in [0.15, 0.2) is 0 Å². The monoisotopic (exact) mass is 191 g/mol. The summed E-state index contributed by atoms with van der Waals surface area (Å²) in [6.45, 7) is 1.19. The second-order valence-electron chi connectivity index (χ2n) is 2.62. The van der Waals surface area contributed by atoms with Crippen LogP contribution < -0.4 is 5.32 Å². The SMILES string of the molecule is BrCCCNC1CCC1. The number of nitrogens with one attached hydrogen (secondary N) is 1. The molecule has 1 aliphatic carbocycles. The lowest BCUT2D eigenvalue weighted by molar-refractivity contribution is 0.341. The third-order valence-electron chi connectivity index (χ3n) is 1.85. The molecule has 1 N–H and O–H groups in total. The van der Waals surface area contributed by atoms with E-state index in [1.54, 1.807) is 0 Å². The summed E-state index contributed by atoms with van der Waals surface area (Å²) in [5, 5.41) is 4.62. The lowest BCUT2D eigenvalue weighted by Crippen LogP contribution is -2.35. The van der Waals surface area contributed by atoms with E-state index in [-0.39, 0.29) is 0 Å². The van der Waals surface area contributed by atoms with Gasteiger partial charge in [-0.1, -0.05) is 22.4 Å². The van der Waals surface area contributed by atoms with E-state index in [2.05, 4.69) is 21.2 Å². The molecule has 0 unspecified atom stereocenters. The molecular formula is C7H14BrN. The molecule has 1 aliphatic rings. The first-order valence-electron chi connectivity index (χ1n) is 3.73. The van der Waals surface area contributed by atoms with Crippen LogP contribution in [0, 0.1) is 0 Å². The highest BCUT2D eigenvalue weighted by molar-refractivity contribution is 9.09. The van der Waals surface area contributed by atoms with E-state index in [0.29, 0.717) is 0 Å². The summed E-state index contributed by atoms with van der Waals surface area (Å²) < 4.78 is 0. The second-order valence-corrected chi connectivity index (χ2v) is 3.42. The zero-order valence-electron chi connectivity index (χ0n) is 5.70. The summed E-state index contributed by atoms with van der Waals surface area (Å²) in [5.41, 5.74) is 0. The van der Waals surface area contributed by atoms with Crippen LogP contribution in [-0.4, -0.2) is 17.9 Å². The van der Waals surface area contributed by atoms with Crippen LogP contribution in [-0.2, 0) is 0 Å². The van der Waals surface area contributed by atoms with Gasteiger partial charge in [-0.2, -0.15) is 0 Å². The van der Waals surface area contributed by atoms with Gasteiger partial charge < -0.3 is 5.32 Å². The van der Waals surface area contributed by atoms with Gasteiger partial charge in [0.05, 0.1) is 0 Å². The normalized spacial score (nSPS) is 19.7. The molecule has 0 aromatic carbocycles. The number of rotatable bonds is 4. The lowest BCUT2D eigenvalue weighted by atomic mass is 9.93. The van der Waals surface area contributed by atoms with E-state index in [0.717, 1.165) is 11.4 Å². The Morgan fingerprint density at radius 2 is 2.22 bits per heavy atom. The molecule has 0 atom stereocenters. The van der Waals surface area contributed by atoms with Crippen LogP contribution in [0.3, 0.4) is 0 Å². The van der Waals surface area contributed by atoms with Crippen LogP contribution in [0.4, 0.5) is 0 Å². The first-order chi connectivity index (χ1) is 4.43. The molecule has 0 amide bonds. The molecule has 1 rings (SSSR count). The van der Waals surface area contributed by atoms with Crippen LogP contribution in [0.1, 0.15) is 25.7 Å². The summed E-state index contributed by atoms with van der Waals surface area (Å²) >= 11 is 3.40. The minimum atomic E-state index is 0.865. The third kappa shape index (κ3) is 2.67. The van der Waals surface area contributed by atoms with Crippen molar-refractivity contribution in [2.75, 3.05) is 11.9 Å². The van der Waals surface area contributed by atoms with Crippen molar-refractivity contribution in [2.24, 2.45) is 0 Å². The molecule has 1 fully saturated rings. The topological polar surface area (TPSA) is 12.0 Å². The molecule has 2 heteroatoms. The van der Waals surface area contributed by atoms with Crippen LogP contribution in [0.2, 0.25) is 0 Å². The maximum absolute atomic E-state index is 3.49. The molecule has 0 aromatic heterocycles. The Morgan fingerprint density at radius 1 is 1.44 bits per heavy atom. The van der Waals surface area contributed by atoms with Crippen molar-refractivity contribution < 1.29 is 0 Å². The number of halogens is 1. The fourth-order valence-corrected chi connectivity index (χ4v) is 1.27. The lowest BCUT2D eigenvalue weighted by Gasteiger charge is -2.26. The van der Waals surface area contributed by atoms with Crippen molar-refractivity contribution in [3.63, 3.8) is 0 Å².